The molecule has 1 amide bonds. The van der Waals surface area contributed by atoms with E-state index in [2.05, 4.69) is 5.32 Å². The van der Waals surface area contributed by atoms with E-state index >= 15 is 0 Å². The second kappa shape index (κ2) is 5.56. The Labute approximate surface area is 150 Å². The van der Waals surface area contributed by atoms with Crippen LogP contribution in [0.5, 0.6) is 11.5 Å². The average molecular weight is 347 g/mol. The summed E-state index contributed by atoms with van der Waals surface area (Å²) in [5.74, 6) is 1.30. The number of carbonyl (C=O) groups is 1. The monoisotopic (exact) mass is 347 g/mol. The third-order valence-corrected chi connectivity index (χ3v) is 4.83. The maximum Gasteiger partial charge on any atom is 0.262 e. The predicted molar refractivity (Wildman–Crippen MR) is 97.6 cm³/mol. The Kier molecular flexibility index (Phi) is 3.18. The van der Waals surface area contributed by atoms with E-state index in [0.717, 1.165) is 17.1 Å². The van der Waals surface area contributed by atoms with E-state index < -0.39 is 0 Å². The van der Waals surface area contributed by atoms with Crippen LogP contribution < -0.4 is 19.7 Å². The number of aryl methyl sites for hydroxylation is 1. The van der Waals surface area contributed by atoms with Crippen molar-refractivity contribution in [3.63, 3.8) is 0 Å². The number of nitrogens with one attached hydrogen (secondary N) is 1. The third kappa shape index (κ3) is 2.15. The summed E-state index contributed by atoms with van der Waals surface area (Å²) in [7, 11) is 1.97. The molecule has 1 atom stereocenters. The van der Waals surface area contributed by atoms with E-state index in [4.69, 9.17) is 9.47 Å². The van der Waals surface area contributed by atoms with Crippen molar-refractivity contribution >= 4 is 17.3 Å². The van der Waals surface area contributed by atoms with Gasteiger partial charge in [-0.25, -0.2) is 0 Å². The number of aromatic nitrogens is 1. The number of nitrogens with zero attached hydrogens (tertiary/aromatic N) is 2. The average Bonchev–Trinajstić information content (AvgIpc) is 3.29. The van der Waals surface area contributed by atoms with Gasteiger partial charge in [-0.1, -0.05) is 12.1 Å². The first kappa shape index (κ1) is 14.9. The van der Waals surface area contributed by atoms with Crippen LogP contribution in [-0.4, -0.2) is 17.3 Å². The van der Waals surface area contributed by atoms with Gasteiger partial charge in [-0.3, -0.25) is 9.69 Å². The fraction of sp³-hybridized carbons (Fsp3) is 0.150. The summed E-state index contributed by atoms with van der Waals surface area (Å²) >= 11 is 0. The van der Waals surface area contributed by atoms with Crippen LogP contribution in [0, 0.1) is 0 Å². The molecule has 2 aliphatic rings. The SMILES string of the molecule is Cn1cccc1[C@@H]1Nc2ccccc2C(=O)N1c1ccc2c(c1)OCO2. The van der Waals surface area contributed by atoms with Gasteiger partial charge in [0.05, 0.1) is 16.9 Å². The Morgan fingerprint density at radius 1 is 1.04 bits per heavy atom. The van der Waals surface area contributed by atoms with Crippen LogP contribution in [0.3, 0.4) is 0 Å². The van der Waals surface area contributed by atoms with Crippen molar-refractivity contribution in [3.8, 4) is 11.5 Å². The van der Waals surface area contributed by atoms with Gasteiger partial charge >= 0.3 is 0 Å². The lowest BCUT2D eigenvalue weighted by Crippen LogP contribution is -2.43. The summed E-state index contributed by atoms with van der Waals surface area (Å²) in [6.45, 7) is 0.203. The van der Waals surface area contributed by atoms with Crippen LogP contribution in [0.15, 0.2) is 60.8 Å². The minimum absolute atomic E-state index is 0.0515. The Morgan fingerprint density at radius 3 is 2.73 bits per heavy atom. The van der Waals surface area contributed by atoms with Gasteiger partial charge in [0.2, 0.25) is 6.79 Å². The lowest BCUT2D eigenvalue weighted by Gasteiger charge is -2.38. The minimum Gasteiger partial charge on any atom is -0.454 e. The quantitative estimate of drug-likeness (QED) is 0.771. The minimum atomic E-state index is -0.322. The number of carbonyl (C=O) groups excluding carboxylic acids is 1. The van der Waals surface area contributed by atoms with Gasteiger partial charge in [-0.15, -0.1) is 0 Å². The molecular formula is C20H17N3O3. The second-order valence-corrected chi connectivity index (χ2v) is 6.35. The van der Waals surface area contributed by atoms with Gasteiger partial charge in [-0.2, -0.15) is 0 Å². The van der Waals surface area contributed by atoms with Crippen molar-refractivity contribution in [2.24, 2.45) is 7.05 Å². The molecule has 0 saturated carbocycles. The molecule has 26 heavy (non-hydrogen) atoms. The first-order valence-corrected chi connectivity index (χ1v) is 8.42. The molecule has 0 radical (unpaired) electrons. The fourth-order valence-electron chi connectivity index (χ4n) is 3.52. The summed E-state index contributed by atoms with van der Waals surface area (Å²) in [5, 5.41) is 3.50. The molecule has 0 saturated heterocycles. The molecule has 6 nitrogen and oxygen atoms in total. The number of benzene rings is 2. The van der Waals surface area contributed by atoms with E-state index in [-0.39, 0.29) is 18.9 Å². The smallest absolute Gasteiger partial charge is 0.262 e. The summed E-state index contributed by atoms with van der Waals surface area (Å²) in [4.78, 5) is 15.1. The number of hydrogen-bond donors (Lipinski definition) is 1. The first-order chi connectivity index (χ1) is 12.7. The van der Waals surface area contributed by atoms with Crippen molar-refractivity contribution in [1.82, 2.24) is 4.57 Å². The highest BCUT2D eigenvalue weighted by molar-refractivity contribution is 6.12. The number of hydrogen-bond acceptors (Lipinski definition) is 4. The molecule has 2 aromatic carbocycles. The summed E-state index contributed by atoms with van der Waals surface area (Å²) in [6, 6.07) is 17.1. The molecular weight excluding hydrogens is 330 g/mol. The molecule has 1 aromatic heterocycles. The van der Waals surface area contributed by atoms with Crippen molar-refractivity contribution in [1.29, 1.82) is 0 Å². The largest absolute Gasteiger partial charge is 0.454 e. The molecule has 5 rings (SSSR count). The van der Waals surface area contributed by atoms with Crippen LogP contribution in [0.1, 0.15) is 22.2 Å². The molecule has 0 bridgehead atoms. The number of fused-ring (bicyclic) bond motifs is 2. The Balaban J connectivity index is 1.67. The predicted octanol–water partition coefficient (Wildman–Crippen LogP) is 3.52. The maximum absolute atomic E-state index is 13.3. The van der Waals surface area contributed by atoms with E-state index in [1.165, 1.54) is 0 Å². The van der Waals surface area contributed by atoms with Gasteiger partial charge < -0.3 is 19.4 Å². The van der Waals surface area contributed by atoms with Gasteiger partial charge in [0.25, 0.3) is 5.91 Å². The third-order valence-electron chi connectivity index (χ3n) is 4.83. The fourth-order valence-corrected chi connectivity index (χ4v) is 3.52. The first-order valence-electron chi connectivity index (χ1n) is 8.42. The standard InChI is InChI=1S/C20H17N3O3/c1-22-10-4-7-16(22)19-21-15-6-3-2-5-14(15)20(24)23(19)13-8-9-17-18(11-13)26-12-25-17/h2-11,19,21H,12H2,1H3/t19-/m1/s1. The number of ether oxygens (including phenoxy) is 2. The van der Waals surface area contributed by atoms with Gasteiger partial charge in [0.15, 0.2) is 11.5 Å². The molecule has 0 unspecified atom stereocenters. The molecule has 130 valence electrons. The molecule has 0 fully saturated rings. The van der Waals surface area contributed by atoms with E-state index in [1.807, 2.05) is 72.4 Å². The number of rotatable bonds is 2. The zero-order chi connectivity index (χ0) is 17.7. The molecule has 3 aromatic rings. The molecule has 0 spiro atoms. The van der Waals surface area contributed by atoms with Crippen LogP contribution in [0.2, 0.25) is 0 Å². The Morgan fingerprint density at radius 2 is 1.88 bits per heavy atom. The van der Waals surface area contributed by atoms with Crippen molar-refractivity contribution in [2.75, 3.05) is 17.0 Å². The van der Waals surface area contributed by atoms with Gasteiger partial charge in [0, 0.05) is 25.0 Å². The molecule has 2 aliphatic heterocycles. The maximum atomic E-state index is 13.3. The number of amides is 1. The van der Waals surface area contributed by atoms with E-state index in [9.17, 15) is 4.79 Å². The van der Waals surface area contributed by atoms with Crippen molar-refractivity contribution in [3.05, 3.63) is 72.1 Å². The molecule has 6 heteroatoms. The van der Waals surface area contributed by atoms with Crippen LogP contribution in [0.25, 0.3) is 0 Å². The highest BCUT2D eigenvalue weighted by Crippen LogP contribution is 2.41. The summed E-state index contributed by atoms with van der Waals surface area (Å²) < 4.78 is 12.9. The van der Waals surface area contributed by atoms with E-state index in [1.54, 1.807) is 4.90 Å². The van der Waals surface area contributed by atoms with E-state index in [0.29, 0.717) is 17.1 Å². The highest BCUT2D eigenvalue weighted by atomic mass is 16.7. The summed E-state index contributed by atoms with van der Waals surface area (Å²) in [5.41, 5.74) is 3.23. The molecule has 3 heterocycles. The highest BCUT2D eigenvalue weighted by Gasteiger charge is 2.35. The lowest BCUT2D eigenvalue weighted by atomic mass is 10.0. The topological polar surface area (TPSA) is 55.7 Å². The zero-order valence-corrected chi connectivity index (χ0v) is 14.2. The van der Waals surface area contributed by atoms with Crippen LogP contribution >= 0.6 is 0 Å². The normalized spacial score (nSPS) is 17.8. The van der Waals surface area contributed by atoms with Crippen molar-refractivity contribution < 1.29 is 14.3 Å². The number of para-hydroxylation sites is 1. The molecule has 1 N–H and O–H groups in total. The van der Waals surface area contributed by atoms with Crippen LogP contribution in [-0.2, 0) is 7.05 Å². The Bertz CT molecular complexity index is 1010. The van der Waals surface area contributed by atoms with Crippen molar-refractivity contribution in [2.45, 2.75) is 6.17 Å². The molecule has 0 aliphatic carbocycles. The number of anilines is 2. The summed E-state index contributed by atoms with van der Waals surface area (Å²) in [6.07, 6.45) is 1.65. The van der Waals surface area contributed by atoms with Gasteiger partial charge in [-0.05, 0) is 36.4 Å². The van der Waals surface area contributed by atoms with Gasteiger partial charge in [0.1, 0.15) is 6.17 Å². The zero-order valence-electron chi connectivity index (χ0n) is 14.2. The lowest BCUT2D eigenvalue weighted by molar-refractivity contribution is 0.0974. The Hall–Kier alpha value is -3.41. The van der Waals surface area contributed by atoms with Crippen LogP contribution in [0.4, 0.5) is 11.4 Å². The second-order valence-electron chi connectivity index (χ2n) is 6.35.